The third kappa shape index (κ3) is 4.41. The van der Waals surface area contributed by atoms with Gasteiger partial charge in [-0.05, 0) is 37.3 Å². The van der Waals surface area contributed by atoms with Gasteiger partial charge in [-0.15, -0.1) is 0 Å². The molecule has 1 aromatic carbocycles. The molecule has 96 valence electrons. The van der Waals surface area contributed by atoms with Crippen molar-refractivity contribution in [2.75, 3.05) is 0 Å². The van der Waals surface area contributed by atoms with Crippen molar-refractivity contribution in [1.29, 1.82) is 0 Å². The van der Waals surface area contributed by atoms with Crippen LogP contribution in [0.15, 0.2) is 46.1 Å². The van der Waals surface area contributed by atoms with Crippen LogP contribution in [0, 0.1) is 0 Å². The predicted molar refractivity (Wildman–Crippen MR) is 76.1 cm³/mol. The Morgan fingerprint density at radius 1 is 1.44 bits per heavy atom. The number of nitrogens with two attached hydrogens (primary N) is 1. The highest BCUT2D eigenvalue weighted by molar-refractivity contribution is 5.81. The first-order valence-electron chi connectivity index (χ1n) is 5.77. The summed E-state index contributed by atoms with van der Waals surface area (Å²) >= 11 is 0. The zero-order valence-electron chi connectivity index (χ0n) is 11.1. The maximum absolute atomic E-state index is 5.53. The highest BCUT2D eigenvalue weighted by Gasteiger charge is 2.03. The molecule has 0 amide bonds. The molecule has 0 aliphatic heterocycles. The number of hydrogen-bond acceptors (Lipinski definition) is 3. The highest BCUT2D eigenvalue weighted by Crippen LogP contribution is 2.20. The number of nitrogens with zero attached hydrogens (tertiary/aromatic N) is 2. The molecule has 0 saturated heterocycles. The zero-order valence-corrected chi connectivity index (χ0v) is 11.1. The predicted octanol–water partition coefficient (Wildman–Crippen LogP) is 3.07. The van der Waals surface area contributed by atoms with Crippen LogP contribution in [0.2, 0.25) is 0 Å². The van der Waals surface area contributed by atoms with Crippen LogP contribution in [0.3, 0.4) is 0 Å². The molecule has 0 aliphatic carbocycles. The van der Waals surface area contributed by atoms with E-state index in [2.05, 4.69) is 36.6 Å². The second-order valence-corrected chi connectivity index (χ2v) is 4.27. The Morgan fingerprint density at radius 3 is 2.72 bits per heavy atom. The van der Waals surface area contributed by atoms with Gasteiger partial charge >= 0.3 is 6.02 Å². The van der Waals surface area contributed by atoms with E-state index in [1.807, 2.05) is 18.2 Å². The minimum atomic E-state index is 0.181. The molecule has 4 nitrogen and oxygen atoms in total. The quantitative estimate of drug-likeness (QED) is 0.657. The number of rotatable bonds is 3. The molecule has 0 spiro atoms. The van der Waals surface area contributed by atoms with E-state index in [-0.39, 0.29) is 6.02 Å². The summed E-state index contributed by atoms with van der Waals surface area (Å²) in [6.45, 7) is 9.41. The normalized spacial score (nSPS) is 12.7. The van der Waals surface area contributed by atoms with Crippen LogP contribution >= 0.6 is 0 Å². The van der Waals surface area contributed by atoms with E-state index in [1.54, 1.807) is 6.92 Å². The lowest BCUT2D eigenvalue weighted by atomic mass is 10.0. The lowest BCUT2D eigenvalue weighted by Gasteiger charge is -2.08. The molecule has 0 bridgehead atoms. The molecule has 0 aliphatic rings. The maximum atomic E-state index is 5.53. The van der Waals surface area contributed by atoms with Crippen molar-refractivity contribution in [2.45, 2.75) is 26.7 Å². The summed E-state index contributed by atoms with van der Waals surface area (Å²) in [4.78, 5) is 7.70. The highest BCUT2D eigenvalue weighted by atomic mass is 16.5. The molecule has 1 rings (SSSR count). The van der Waals surface area contributed by atoms with Crippen molar-refractivity contribution >= 4 is 12.7 Å². The molecule has 1 aromatic rings. The minimum Gasteiger partial charge on any atom is -0.424 e. The topological polar surface area (TPSA) is 60.0 Å². The molecule has 0 fully saturated rings. The Bertz CT molecular complexity index is 472. The second-order valence-electron chi connectivity index (χ2n) is 4.27. The van der Waals surface area contributed by atoms with Crippen LogP contribution in [-0.2, 0) is 0 Å². The fraction of sp³-hybridized carbons (Fsp3) is 0.286. The standard InChI is InChI=1S/C14H19N3O/c1-10(2)12-6-5-7-13(8-12)18-14(16-4)17-9-11(3)15/h5-10H,4,15H2,1-3H3/b11-9+,17-14+. The van der Waals surface area contributed by atoms with Gasteiger partial charge in [-0.3, -0.25) is 0 Å². The van der Waals surface area contributed by atoms with Gasteiger partial charge in [0.1, 0.15) is 5.75 Å². The van der Waals surface area contributed by atoms with E-state index in [0.29, 0.717) is 17.4 Å². The maximum Gasteiger partial charge on any atom is 0.321 e. The summed E-state index contributed by atoms with van der Waals surface area (Å²) in [6.07, 6.45) is 1.48. The van der Waals surface area contributed by atoms with Gasteiger partial charge in [0.2, 0.25) is 0 Å². The second kappa shape index (κ2) is 6.59. The lowest BCUT2D eigenvalue weighted by molar-refractivity contribution is 0.542. The Hall–Kier alpha value is -2.10. The van der Waals surface area contributed by atoms with Gasteiger partial charge in [0, 0.05) is 5.70 Å². The molecular weight excluding hydrogens is 226 g/mol. The average Bonchev–Trinajstić information content (AvgIpc) is 2.34. The Morgan fingerprint density at radius 2 is 2.17 bits per heavy atom. The molecule has 0 radical (unpaired) electrons. The molecule has 2 N–H and O–H groups in total. The first-order chi connectivity index (χ1) is 8.52. The van der Waals surface area contributed by atoms with E-state index < -0.39 is 0 Å². The molecule has 0 saturated carbocycles. The molecule has 18 heavy (non-hydrogen) atoms. The largest absolute Gasteiger partial charge is 0.424 e. The number of ether oxygens (including phenoxy) is 1. The van der Waals surface area contributed by atoms with Crippen molar-refractivity contribution in [3.05, 3.63) is 41.7 Å². The van der Waals surface area contributed by atoms with Crippen molar-refractivity contribution < 1.29 is 4.74 Å². The van der Waals surface area contributed by atoms with Gasteiger partial charge in [-0.25, -0.2) is 9.98 Å². The number of hydrogen-bond donors (Lipinski definition) is 1. The SMILES string of the molecule is C=N/C(=N\C=C(/C)N)Oc1cccc(C(C)C)c1. The third-order valence-corrected chi connectivity index (χ3v) is 2.25. The van der Waals surface area contributed by atoms with Gasteiger partial charge in [0.15, 0.2) is 0 Å². The lowest BCUT2D eigenvalue weighted by Crippen LogP contribution is -2.05. The van der Waals surface area contributed by atoms with Crippen LogP contribution < -0.4 is 10.5 Å². The van der Waals surface area contributed by atoms with Gasteiger partial charge in [-0.2, -0.15) is 0 Å². The molecule has 0 aromatic heterocycles. The summed E-state index contributed by atoms with van der Waals surface area (Å²) in [5.74, 6) is 1.13. The van der Waals surface area contributed by atoms with Crippen LogP contribution in [0.5, 0.6) is 5.75 Å². The number of allylic oxidation sites excluding steroid dienone is 1. The van der Waals surface area contributed by atoms with Crippen molar-refractivity contribution in [3.8, 4) is 5.75 Å². The Kier molecular flexibility index (Phi) is 5.11. The van der Waals surface area contributed by atoms with Crippen molar-refractivity contribution in [2.24, 2.45) is 15.7 Å². The fourth-order valence-corrected chi connectivity index (χ4v) is 1.30. The molecule has 0 atom stereocenters. The van der Waals surface area contributed by atoms with Gasteiger partial charge in [-0.1, -0.05) is 26.0 Å². The van der Waals surface area contributed by atoms with E-state index in [4.69, 9.17) is 10.5 Å². The number of benzene rings is 1. The summed E-state index contributed by atoms with van der Waals surface area (Å²) in [5, 5.41) is 0. The molecule has 0 heterocycles. The zero-order chi connectivity index (χ0) is 13.5. The first-order valence-corrected chi connectivity index (χ1v) is 5.77. The van der Waals surface area contributed by atoms with Crippen LogP contribution in [0.25, 0.3) is 0 Å². The van der Waals surface area contributed by atoms with Gasteiger partial charge < -0.3 is 10.5 Å². The van der Waals surface area contributed by atoms with Crippen molar-refractivity contribution in [3.63, 3.8) is 0 Å². The van der Waals surface area contributed by atoms with Gasteiger partial charge in [0.25, 0.3) is 0 Å². The summed E-state index contributed by atoms with van der Waals surface area (Å²) in [6, 6.07) is 7.99. The summed E-state index contributed by atoms with van der Waals surface area (Å²) < 4.78 is 5.53. The summed E-state index contributed by atoms with van der Waals surface area (Å²) in [5.41, 5.74) is 7.26. The molecule has 0 unspecified atom stereocenters. The monoisotopic (exact) mass is 245 g/mol. The van der Waals surface area contributed by atoms with E-state index in [0.717, 1.165) is 0 Å². The van der Waals surface area contributed by atoms with Crippen LogP contribution in [0.4, 0.5) is 0 Å². The number of amidine groups is 1. The van der Waals surface area contributed by atoms with Crippen LogP contribution in [0.1, 0.15) is 32.3 Å². The average molecular weight is 245 g/mol. The summed E-state index contributed by atoms with van der Waals surface area (Å²) in [7, 11) is 0. The third-order valence-electron chi connectivity index (χ3n) is 2.25. The van der Waals surface area contributed by atoms with Crippen molar-refractivity contribution in [1.82, 2.24) is 0 Å². The van der Waals surface area contributed by atoms with Crippen LogP contribution in [-0.4, -0.2) is 12.7 Å². The Balaban J connectivity index is 2.88. The minimum absolute atomic E-state index is 0.181. The van der Waals surface area contributed by atoms with Gasteiger partial charge in [0.05, 0.1) is 6.20 Å². The van der Waals surface area contributed by atoms with E-state index in [1.165, 1.54) is 11.8 Å². The molecular formula is C14H19N3O. The molecule has 4 heteroatoms. The first kappa shape index (κ1) is 14.0. The smallest absolute Gasteiger partial charge is 0.321 e. The van der Waals surface area contributed by atoms with E-state index in [9.17, 15) is 0 Å². The number of aliphatic imine (C=N–C) groups is 2. The van der Waals surface area contributed by atoms with E-state index >= 15 is 0 Å². The Labute approximate surface area is 108 Å². The fourth-order valence-electron chi connectivity index (χ4n) is 1.30.